The highest BCUT2D eigenvalue weighted by molar-refractivity contribution is 7.99. The molecule has 5 nitrogen and oxygen atoms in total. The van der Waals surface area contributed by atoms with E-state index < -0.39 is 9.05 Å². The van der Waals surface area contributed by atoms with Crippen LogP contribution in [0.5, 0.6) is 0 Å². The number of carbonyl (C=O) groups excluding carboxylic acids is 1. The second-order valence-electron chi connectivity index (χ2n) is 2.22. The van der Waals surface area contributed by atoms with Crippen LogP contribution in [-0.2, 0) is 22.5 Å². The van der Waals surface area contributed by atoms with Crippen LogP contribution in [0.3, 0.4) is 0 Å². The van der Waals surface area contributed by atoms with Gasteiger partial charge in [-0.25, -0.2) is 0 Å². The maximum atomic E-state index is 11.2. The molecule has 0 aromatic carbocycles. The summed E-state index contributed by atoms with van der Waals surface area (Å²) in [5.74, 6) is 0.756. The number of hydrogen-bond acceptors (Lipinski definition) is 6. The van der Waals surface area contributed by atoms with Crippen LogP contribution in [0.1, 0.15) is 6.92 Å². The summed E-state index contributed by atoms with van der Waals surface area (Å²) in [4.78, 5) is 11.2. The normalized spacial score (nSPS) is 11.4. The van der Waals surface area contributed by atoms with Crippen LogP contribution in [0.25, 0.3) is 0 Å². The molecule has 0 aliphatic carbocycles. The Bertz CT molecular complexity index is 165. The lowest BCUT2D eigenvalue weighted by atomic mass is 10.8. The smallest absolute Gasteiger partial charge is 0.451 e. The van der Waals surface area contributed by atoms with Crippen LogP contribution >= 0.6 is 11.8 Å². The van der Waals surface area contributed by atoms with E-state index in [0.29, 0.717) is 0 Å². The third-order valence-corrected chi connectivity index (χ3v) is 4.24. The lowest BCUT2D eigenvalue weighted by Gasteiger charge is -2.21. The minimum atomic E-state index is -3.19. The van der Waals surface area contributed by atoms with Gasteiger partial charge in [-0.05, 0) is 5.75 Å². The second-order valence-corrected chi connectivity index (χ2v) is 5.93. The lowest BCUT2D eigenvalue weighted by Crippen LogP contribution is -2.48. The highest BCUT2D eigenvalue weighted by Crippen LogP contribution is 2.10. The van der Waals surface area contributed by atoms with E-state index in [4.69, 9.17) is 17.7 Å². The molecular weight excluding hydrogens is 224 g/mol. The maximum absolute atomic E-state index is 11.2. The van der Waals surface area contributed by atoms with Gasteiger partial charge in [0.1, 0.15) is 0 Å². The molecule has 0 spiro atoms. The molecule has 0 aromatic heterocycles. The SMILES string of the molecule is CCSCC(=O)O[Si](OC)(OC)OC. The highest BCUT2D eigenvalue weighted by atomic mass is 32.2. The van der Waals surface area contributed by atoms with Crippen LogP contribution in [0, 0.1) is 0 Å². The van der Waals surface area contributed by atoms with Crippen molar-refractivity contribution >= 4 is 26.8 Å². The second kappa shape index (κ2) is 7.24. The molecule has 0 radical (unpaired) electrons. The van der Waals surface area contributed by atoms with Crippen LogP contribution < -0.4 is 0 Å². The standard InChI is InChI=1S/C7H16O5SSi/c1-5-13-6-7(8)12-14(9-2,10-3)11-4/h5-6H2,1-4H3. The number of carbonyl (C=O) groups is 1. The molecule has 0 aliphatic heterocycles. The molecule has 0 aliphatic rings. The third kappa shape index (κ3) is 4.42. The molecule has 84 valence electrons. The van der Waals surface area contributed by atoms with Crippen molar-refractivity contribution in [2.75, 3.05) is 32.8 Å². The summed E-state index contributed by atoms with van der Waals surface area (Å²) in [6, 6.07) is 0. The van der Waals surface area contributed by atoms with E-state index >= 15 is 0 Å². The molecule has 0 heterocycles. The van der Waals surface area contributed by atoms with E-state index in [1.165, 1.54) is 33.1 Å². The first-order valence-corrected chi connectivity index (χ1v) is 6.88. The van der Waals surface area contributed by atoms with Crippen LogP contribution in [0.2, 0.25) is 0 Å². The van der Waals surface area contributed by atoms with E-state index in [1.54, 1.807) is 0 Å². The Kier molecular flexibility index (Phi) is 7.20. The fourth-order valence-corrected chi connectivity index (χ4v) is 2.36. The topological polar surface area (TPSA) is 54.0 Å². The molecule has 0 N–H and O–H groups in total. The van der Waals surface area contributed by atoms with E-state index in [2.05, 4.69) is 0 Å². The Morgan fingerprint density at radius 1 is 1.21 bits per heavy atom. The molecule has 0 rings (SSSR count). The van der Waals surface area contributed by atoms with Crippen molar-refractivity contribution in [3.05, 3.63) is 0 Å². The van der Waals surface area contributed by atoms with E-state index in [1.807, 2.05) is 6.92 Å². The monoisotopic (exact) mass is 240 g/mol. The number of hydrogen-bond donors (Lipinski definition) is 0. The molecule has 0 saturated carbocycles. The van der Waals surface area contributed by atoms with E-state index in [9.17, 15) is 4.79 Å². The molecule has 0 aromatic rings. The summed E-state index contributed by atoms with van der Waals surface area (Å²) in [6.45, 7) is 1.96. The summed E-state index contributed by atoms with van der Waals surface area (Å²) >= 11 is 1.47. The van der Waals surface area contributed by atoms with Gasteiger partial charge in [0.25, 0.3) is 0 Å². The Hall–Kier alpha value is -0.0831. The molecule has 0 fully saturated rings. The molecular formula is C7H16O5SSi. The number of rotatable bonds is 7. The van der Waals surface area contributed by atoms with Gasteiger partial charge in [-0.3, -0.25) is 4.79 Å². The molecule has 0 unspecified atom stereocenters. The van der Waals surface area contributed by atoms with Gasteiger partial charge < -0.3 is 17.7 Å². The fourth-order valence-electron chi connectivity index (χ4n) is 0.729. The molecule has 0 saturated heterocycles. The van der Waals surface area contributed by atoms with Crippen molar-refractivity contribution in [2.24, 2.45) is 0 Å². The minimum absolute atomic E-state index is 0.279. The largest absolute Gasteiger partial charge is 0.750 e. The zero-order valence-corrected chi connectivity index (χ0v) is 10.7. The van der Waals surface area contributed by atoms with Gasteiger partial charge in [0.15, 0.2) is 0 Å². The Morgan fingerprint density at radius 2 is 1.71 bits per heavy atom. The summed E-state index contributed by atoms with van der Waals surface area (Å²) in [7, 11) is 0.972. The van der Waals surface area contributed by atoms with Gasteiger partial charge >= 0.3 is 15.0 Å². The van der Waals surface area contributed by atoms with Crippen molar-refractivity contribution < 1.29 is 22.5 Å². The van der Waals surface area contributed by atoms with Crippen LogP contribution in [0.15, 0.2) is 0 Å². The molecule has 14 heavy (non-hydrogen) atoms. The average Bonchev–Trinajstić information content (AvgIpc) is 2.23. The lowest BCUT2D eigenvalue weighted by molar-refractivity contribution is -0.139. The highest BCUT2D eigenvalue weighted by Gasteiger charge is 2.46. The van der Waals surface area contributed by atoms with Crippen molar-refractivity contribution in [2.45, 2.75) is 6.92 Å². The predicted molar refractivity (Wildman–Crippen MR) is 55.9 cm³/mol. The quantitative estimate of drug-likeness (QED) is 0.609. The van der Waals surface area contributed by atoms with Gasteiger partial charge in [-0.15, -0.1) is 0 Å². The van der Waals surface area contributed by atoms with Crippen LogP contribution in [0.4, 0.5) is 0 Å². The van der Waals surface area contributed by atoms with Crippen molar-refractivity contribution in [3.8, 4) is 0 Å². The van der Waals surface area contributed by atoms with Crippen LogP contribution in [-0.4, -0.2) is 47.9 Å². The van der Waals surface area contributed by atoms with Gasteiger partial charge in [-0.1, -0.05) is 6.92 Å². The molecule has 7 heteroatoms. The van der Waals surface area contributed by atoms with Gasteiger partial charge in [-0.2, -0.15) is 11.8 Å². The van der Waals surface area contributed by atoms with Crippen molar-refractivity contribution in [3.63, 3.8) is 0 Å². The summed E-state index contributed by atoms with van der Waals surface area (Å²) in [6.07, 6.45) is 0. The Morgan fingerprint density at radius 3 is 2.07 bits per heavy atom. The first-order valence-electron chi connectivity index (χ1n) is 4.09. The molecule has 0 amide bonds. The van der Waals surface area contributed by atoms with E-state index in [-0.39, 0.29) is 11.7 Å². The van der Waals surface area contributed by atoms with E-state index in [0.717, 1.165) is 5.75 Å². The Labute approximate surface area is 89.5 Å². The van der Waals surface area contributed by atoms with Gasteiger partial charge in [0.05, 0.1) is 5.75 Å². The molecule has 0 atom stereocenters. The number of thioether (sulfide) groups is 1. The predicted octanol–water partition coefficient (Wildman–Crippen LogP) is 0.657. The fraction of sp³-hybridized carbons (Fsp3) is 0.857. The zero-order chi connectivity index (χ0) is 11.0. The third-order valence-electron chi connectivity index (χ3n) is 1.41. The first kappa shape index (κ1) is 13.9. The summed E-state index contributed by atoms with van der Waals surface area (Å²) in [5.41, 5.74) is 0. The Balaban J connectivity index is 4.08. The minimum Gasteiger partial charge on any atom is -0.451 e. The van der Waals surface area contributed by atoms with Crippen molar-refractivity contribution in [1.29, 1.82) is 0 Å². The summed E-state index contributed by atoms with van der Waals surface area (Å²) in [5, 5.41) is 0. The summed E-state index contributed by atoms with van der Waals surface area (Å²) < 4.78 is 19.8. The average molecular weight is 240 g/mol. The maximum Gasteiger partial charge on any atom is 0.750 e. The van der Waals surface area contributed by atoms with Gasteiger partial charge in [0.2, 0.25) is 0 Å². The molecule has 0 bridgehead atoms. The first-order chi connectivity index (χ1) is 6.64. The van der Waals surface area contributed by atoms with Gasteiger partial charge in [0, 0.05) is 21.3 Å². The van der Waals surface area contributed by atoms with Crippen molar-refractivity contribution in [1.82, 2.24) is 0 Å². The zero-order valence-electron chi connectivity index (χ0n) is 8.86.